The maximum absolute atomic E-state index is 11.7. The molecule has 4 heteroatoms. The number of aromatic carboxylic acids is 1. The molecular formula is C23H26O4. The van der Waals surface area contributed by atoms with Crippen LogP contribution in [0.4, 0.5) is 0 Å². The molecule has 0 aromatic heterocycles. The Morgan fingerprint density at radius 3 is 2.48 bits per heavy atom. The fourth-order valence-electron chi connectivity index (χ4n) is 2.85. The van der Waals surface area contributed by atoms with Gasteiger partial charge in [0.2, 0.25) is 0 Å². The molecule has 0 bridgehead atoms. The van der Waals surface area contributed by atoms with E-state index in [-0.39, 0.29) is 11.3 Å². The Balaban J connectivity index is 2.31. The lowest BCUT2D eigenvalue weighted by molar-refractivity contribution is 0.0693. The SMILES string of the molecule is COc1cc(/C=C/CCc2ccccc2)c(C(=O)O)c(O)c1CC=C(C)C. The van der Waals surface area contributed by atoms with Gasteiger partial charge < -0.3 is 14.9 Å². The lowest BCUT2D eigenvalue weighted by Gasteiger charge is -2.14. The first-order valence-electron chi connectivity index (χ1n) is 8.94. The number of carbonyl (C=O) groups is 1. The van der Waals surface area contributed by atoms with Gasteiger partial charge in [0.15, 0.2) is 0 Å². The number of hydrogen-bond donors (Lipinski definition) is 2. The van der Waals surface area contributed by atoms with Gasteiger partial charge in [0.1, 0.15) is 17.1 Å². The van der Waals surface area contributed by atoms with E-state index in [9.17, 15) is 15.0 Å². The number of phenols is 1. The highest BCUT2D eigenvalue weighted by molar-refractivity contribution is 5.96. The van der Waals surface area contributed by atoms with E-state index in [0.717, 1.165) is 18.4 Å². The molecule has 142 valence electrons. The molecule has 0 atom stereocenters. The Hall–Kier alpha value is -3.01. The number of ether oxygens (including phenoxy) is 1. The lowest BCUT2D eigenvalue weighted by atomic mass is 9.97. The summed E-state index contributed by atoms with van der Waals surface area (Å²) in [6, 6.07) is 11.8. The molecule has 0 aliphatic rings. The minimum absolute atomic E-state index is 0.0936. The number of allylic oxidation sites excluding steroid dienone is 3. The third-order valence-electron chi connectivity index (χ3n) is 4.28. The number of methoxy groups -OCH3 is 1. The molecule has 2 aromatic rings. The number of rotatable bonds is 8. The zero-order valence-corrected chi connectivity index (χ0v) is 16.0. The Labute approximate surface area is 160 Å². The van der Waals surface area contributed by atoms with Crippen LogP contribution in [-0.2, 0) is 12.8 Å². The third-order valence-corrected chi connectivity index (χ3v) is 4.28. The number of aryl methyl sites for hydroxylation is 1. The fourth-order valence-corrected chi connectivity index (χ4v) is 2.85. The summed E-state index contributed by atoms with van der Waals surface area (Å²) in [6.07, 6.45) is 7.63. The molecule has 0 fully saturated rings. The van der Waals surface area contributed by atoms with Crippen molar-refractivity contribution in [1.29, 1.82) is 0 Å². The van der Waals surface area contributed by atoms with Gasteiger partial charge in [-0.05, 0) is 50.3 Å². The van der Waals surface area contributed by atoms with Crippen molar-refractivity contribution in [3.8, 4) is 11.5 Å². The van der Waals surface area contributed by atoms with Gasteiger partial charge in [0, 0.05) is 5.56 Å². The monoisotopic (exact) mass is 366 g/mol. The molecule has 0 saturated carbocycles. The van der Waals surface area contributed by atoms with Gasteiger partial charge in [-0.1, -0.05) is 54.1 Å². The second-order valence-corrected chi connectivity index (χ2v) is 6.59. The summed E-state index contributed by atoms with van der Waals surface area (Å²) in [5.41, 5.74) is 3.13. The molecule has 0 aliphatic heterocycles. The standard InChI is InChI=1S/C23H26O4/c1-16(2)13-14-19-20(27-3)15-18(21(22(19)24)23(25)26)12-8-7-11-17-9-5-4-6-10-17/h4-6,8-10,12-13,15,24H,7,11,14H2,1-3H3,(H,25,26)/b12-8+. The summed E-state index contributed by atoms with van der Waals surface area (Å²) < 4.78 is 5.39. The van der Waals surface area contributed by atoms with Crippen molar-refractivity contribution in [3.63, 3.8) is 0 Å². The van der Waals surface area contributed by atoms with Crippen LogP contribution < -0.4 is 4.74 Å². The van der Waals surface area contributed by atoms with Crippen molar-refractivity contribution in [3.05, 3.63) is 76.4 Å². The van der Waals surface area contributed by atoms with Crippen LogP contribution in [0.25, 0.3) is 6.08 Å². The summed E-state index contributed by atoms with van der Waals surface area (Å²) in [6.45, 7) is 3.90. The smallest absolute Gasteiger partial charge is 0.340 e. The first-order valence-corrected chi connectivity index (χ1v) is 8.94. The van der Waals surface area contributed by atoms with Crippen LogP contribution in [0.3, 0.4) is 0 Å². The van der Waals surface area contributed by atoms with E-state index in [1.54, 1.807) is 12.1 Å². The maximum Gasteiger partial charge on any atom is 0.340 e. The first-order chi connectivity index (χ1) is 12.9. The molecular weight excluding hydrogens is 340 g/mol. The predicted octanol–water partition coefficient (Wildman–Crippen LogP) is 5.25. The van der Waals surface area contributed by atoms with Crippen LogP contribution in [0, 0.1) is 0 Å². The van der Waals surface area contributed by atoms with Gasteiger partial charge in [-0.2, -0.15) is 0 Å². The number of hydrogen-bond acceptors (Lipinski definition) is 3. The van der Waals surface area contributed by atoms with Crippen molar-refractivity contribution < 1.29 is 19.7 Å². The van der Waals surface area contributed by atoms with Crippen LogP contribution in [0.5, 0.6) is 11.5 Å². The molecule has 2 aromatic carbocycles. The maximum atomic E-state index is 11.7. The zero-order valence-electron chi connectivity index (χ0n) is 16.0. The Morgan fingerprint density at radius 2 is 1.89 bits per heavy atom. The average Bonchev–Trinajstić information content (AvgIpc) is 2.64. The van der Waals surface area contributed by atoms with Crippen molar-refractivity contribution in [1.82, 2.24) is 0 Å². The van der Waals surface area contributed by atoms with Crippen molar-refractivity contribution in [2.75, 3.05) is 7.11 Å². The van der Waals surface area contributed by atoms with Crippen LogP contribution in [0.2, 0.25) is 0 Å². The Bertz CT molecular complexity index is 844. The highest BCUT2D eigenvalue weighted by atomic mass is 16.5. The third kappa shape index (κ3) is 5.48. The van der Waals surface area contributed by atoms with Crippen LogP contribution in [-0.4, -0.2) is 23.3 Å². The average molecular weight is 366 g/mol. The topological polar surface area (TPSA) is 66.8 Å². The van der Waals surface area contributed by atoms with Crippen LogP contribution >= 0.6 is 0 Å². The summed E-state index contributed by atoms with van der Waals surface area (Å²) in [5, 5.41) is 20.2. The van der Waals surface area contributed by atoms with Gasteiger partial charge in [-0.25, -0.2) is 4.79 Å². The molecule has 0 amide bonds. The minimum Gasteiger partial charge on any atom is -0.507 e. The second-order valence-electron chi connectivity index (χ2n) is 6.59. The molecule has 0 heterocycles. The van der Waals surface area contributed by atoms with E-state index in [1.165, 1.54) is 12.7 Å². The van der Waals surface area contributed by atoms with E-state index >= 15 is 0 Å². The minimum atomic E-state index is -1.16. The molecule has 0 aliphatic carbocycles. The summed E-state index contributed by atoms with van der Waals surface area (Å²) in [7, 11) is 1.52. The van der Waals surface area contributed by atoms with Crippen molar-refractivity contribution in [2.45, 2.75) is 33.1 Å². The molecule has 0 radical (unpaired) electrons. The Kier molecular flexibility index (Phi) is 7.24. The molecule has 27 heavy (non-hydrogen) atoms. The van der Waals surface area contributed by atoms with Gasteiger partial charge in [-0.3, -0.25) is 0 Å². The van der Waals surface area contributed by atoms with E-state index < -0.39 is 5.97 Å². The fraction of sp³-hybridized carbons (Fsp3) is 0.261. The highest BCUT2D eigenvalue weighted by Gasteiger charge is 2.21. The predicted molar refractivity (Wildman–Crippen MR) is 109 cm³/mol. The highest BCUT2D eigenvalue weighted by Crippen LogP contribution is 2.36. The van der Waals surface area contributed by atoms with Gasteiger partial charge in [-0.15, -0.1) is 0 Å². The normalized spacial score (nSPS) is 10.8. The van der Waals surface area contributed by atoms with Crippen molar-refractivity contribution >= 4 is 12.0 Å². The number of benzene rings is 2. The van der Waals surface area contributed by atoms with Gasteiger partial charge in [0.25, 0.3) is 0 Å². The van der Waals surface area contributed by atoms with E-state index in [1.807, 2.05) is 44.2 Å². The number of carboxylic acid groups (broad SMARTS) is 1. The molecule has 2 rings (SSSR count). The molecule has 0 spiro atoms. The zero-order chi connectivity index (χ0) is 19.8. The van der Waals surface area contributed by atoms with E-state index in [0.29, 0.717) is 23.3 Å². The van der Waals surface area contributed by atoms with Gasteiger partial charge in [0.05, 0.1) is 7.11 Å². The van der Waals surface area contributed by atoms with Crippen molar-refractivity contribution in [2.24, 2.45) is 0 Å². The number of carboxylic acids is 1. The van der Waals surface area contributed by atoms with Crippen LogP contribution in [0.1, 0.15) is 47.3 Å². The van der Waals surface area contributed by atoms with E-state index in [4.69, 9.17) is 4.74 Å². The number of aromatic hydroxyl groups is 1. The second kappa shape index (κ2) is 9.62. The molecule has 0 unspecified atom stereocenters. The van der Waals surface area contributed by atoms with Gasteiger partial charge >= 0.3 is 5.97 Å². The molecule has 0 saturated heterocycles. The molecule has 2 N–H and O–H groups in total. The quantitative estimate of drug-likeness (QED) is 0.626. The summed E-state index contributed by atoms with van der Waals surface area (Å²) in [5.74, 6) is -0.906. The summed E-state index contributed by atoms with van der Waals surface area (Å²) >= 11 is 0. The molecule has 4 nitrogen and oxygen atoms in total. The van der Waals surface area contributed by atoms with Crippen LogP contribution in [0.15, 0.2) is 54.1 Å². The summed E-state index contributed by atoms with van der Waals surface area (Å²) in [4.78, 5) is 11.7. The van der Waals surface area contributed by atoms with E-state index in [2.05, 4.69) is 12.1 Å². The largest absolute Gasteiger partial charge is 0.507 e. The lowest BCUT2D eigenvalue weighted by Crippen LogP contribution is -2.04. The Morgan fingerprint density at radius 1 is 1.19 bits per heavy atom. The first kappa shape index (κ1) is 20.3.